The monoisotopic (exact) mass is 234 g/mol. The Morgan fingerprint density at radius 2 is 2.24 bits per heavy atom. The first-order valence-electron chi connectivity index (χ1n) is 5.58. The summed E-state index contributed by atoms with van der Waals surface area (Å²) in [5, 5.41) is 0. The number of anilines is 1. The average Bonchev–Trinajstić information content (AvgIpc) is 2.94. The Labute approximate surface area is 97.8 Å². The second kappa shape index (κ2) is 3.94. The van der Waals surface area contributed by atoms with Gasteiger partial charge in [-0.05, 0) is 12.8 Å². The van der Waals surface area contributed by atoms with E-state index in [0.29, 0.717) is 23.5 Å². The number of nitrogen functional groups attached to an aromatic ring is 1. The minimum absolute atomic E-state index is 0.0529. The topological polar surface area (TPSA) is 105 Å². The zero-order valence-electron chi connectivity index (χ0n) is 9.28. The Hall–Kier alpha value is -1.73. The lowest BCUT2D eigenvalue weighted by atomic mass is 10.2. The van der Waals surface area contributed by atoms with Crippen LogP contribution in [-0.2, 0) is 4.74 Å². The molecule has 1 fully saturated rings. The van der Waals surface area contributed by atoms with Gasteiger partial charge in [0, 0.05) is 6.54 Å². The van der Waals surface area contributed by atoms with Gasteiger partial charge in [-0.15, -0.1) is 0 Å². The molecule has 90 valence electrons. The molecule has 3 heterocycles. The standard InChI is InChI=1S/C10H14N6O/c11-3-6-1-2-7(17-6)16-5-15-8-9(12)13-4-14-10(8)16/h4-7H,1-3,11H2,(H2,12,13,14). The fraction of sp³-hybridized carbons (Fsp3) is 0.500. The largest absolute Gasteiger partial charge is 0.382 e. The second-order valence-corrected chi connectivity index (χ2v) is 4.11. The Bertz CT molecular complexity index is 539. The molecule has 4 N–H and O–H groups in total. The van der Waals surface area contributed by atoms with Gasteiger partial charge in [-0.3, -0.25) is 4.57 Å². The van der Waals surface area contributed by atoms with Crippen LogP contribution in [-0.4, -0.2) is 32.2 Å². The van der Waals surface area contributed by atoms with Crippen molar-refractivity contribution >= 4 is 17.0 Å². The van der Waals surface area contributed by atoms with Gasteiger partial charge in [0.05, 0.1) is 12.4 Å². The third-order valence-corrected chi connectivity index (χ3v) is 3.05. The van der Waals surface area contributed by atoms with E-state index in [-0.39, 0.29) is 12.3 Å². The molecule has 7 heteroatoms. The van der Waals surface area contributed by atoms with Crippen molar-refractivity contribution in [2.24, 2.45) is 5.73 Å². The number of fused-ring (bicyclic) bond motifs is 1. The molecule has 2 unspecified atom stereocenters. The number of hydrogen-bond acceptors (Lipinski definition) is 6. The molecule has 2 aromatic heterocycles. The van der Waals surface area contributed by atoms with E-state index in [0.717, 1.165) is 12.8 Å². The van der Waals surface area contributed by atoms with Crippen molar-refractivity contribution in [2.75, 3.05) is 12.3 Å². The molecular weight excluding hydrogens is 220 g/mol. The molecule has 1 aliphatic heterocycles. The number of ether oxygens (including phenoxy) is 1. The van der Waals surface area contributed by atoms with Crippen molar-refractivity contribution in [3.63, 3.8) is 0 Å². The number of nitrogens with zero attached hydrogens (tertiary/aromatic N) is 4. The lowest BCUT2D eigenvalue weighted by molar-refractivity contribution is 0.00866. The number of nitrogens with two attached hydrogens (primary N) is 2. The van der Waals surface area contributed by atoms with Crippen LogP contribution < -0.4 is 11.5 Å². The minimum Gasteiger partial charge on any atom is -0.382 e. The highest BCUT2D eigenvalue weighted by Gasteiger charge is 2.27. The maximum absolute atomic E-state index is 5.80. The van der Waals surface area contributed by atoms with Crippen LogP contribution in [0.2, 0.25) is 0 Å². The SMILES string of the molecule is NCC1CCC(n2cnc3c(N)ncnc32)O1. The summed E-state index contributed by atoms with van der Waals surface area (Å²) in [6.07, 6.45) is 5.07. The van der Waals surface area contributed by atoms with Crippen LogP contribution in [0, 0.1) is 0 Å². The molecule has 0 radical (unpaired) electrons. The van der Waals surface area contributed by atoms with E-state index in [1.165, 1.54) is 6.33 Å². The van der Waals surface area contributed by atoms with Gasteiger partial charge in [-0.2, -0.15) is 0 Å². The summed E-state index contributed by atoms with van der Waals surface area (Å²) in [5.74, 6) is 0.391. The third kappa shape index (κ3) is 1.63. The number of aromatic nitrogens is 4. The molecule has 2 atom stereocenters. The highest BCUT2D eigenvalue weighted by Crippen LogP contribution is 2.30. The molecule has 7 nitrogen and oxygen atoms in total. The Morgan fingerprint density at radius 1 is 1.35 bits per heavy atom. The second-order valence-electron chi connectivity index (χ2n) is 4.11. The number of rotatable bonds is 2. The zero-order chi connectivity index (χ0) is 11.8. The number of imidazole rings is 1. The molecule has 2 aromatic rings. The van der Waals surface area contributed by atoms with Gasteiger partial charge in [0.2, 0.25) is 0 Å². The van der Waals surface area contributed by atoms with Crippen LogP contribution in [0.25, 0.3) is 11.2 Å². The van der Waals surface area contributed by atoms with E-state index >= 15 is 0 Å². The van der Waals surface area contributed by atoms with Crippen molar-refractivity contribution in [3.8, 4) is 0 Å². The maximum Gasteiger partial charge on any atom is 0.167 e. The Morgan fingerprint density at radius 3 is 3.00 bits per heavy atom. The Balaban J connectivity index is 1.99. The van der Waals surface area contributed by atoms with E-state index in [9.17, 15) is 0 Å². The molecule has 0 aliphatic carbocycles. The van der Waals surface area contributed by atoms with Gasteiger partial charge in [0.15, 0.2) is 11.5 Å². The third-order valence-electron chi connectivity index (χ3n) is 3.05. The van der Waals surface area contributed by atoms with Gasteiger partial charge in [0.1, 0.15) is 18.1 Å². The zero-order valence-corrected chi connectivity index (χ0v) is 9.28. The highest BCUT2D eigenvalue weighted by molar-refractivity contribution is 5.81. The summed E-state index contributed by atoms with van der Waals surface area (Å²) in [5.41, 5.74) is 12.7. The summed E-state index contributed by atoms with van der Waals surface area (Å²) in [7, 11) is 0. The van der Waals surface area contributed by atoms with Crippen molar-refractivity contribution in [2.45, 2.75) is 25.2 Å². The predicted octanol–water partition coefficient (Wildman–Crippen LogP) is 0.0448. The number of hydrogen-bond donors (Lipinski definition) is 2. The first kappa shape index (κ1) is 10.4. The molecule has 3 rings (SSSR count). The minimum atomic E-state index is -0.0529. The quantitative estimate of drug-likeness (QED) is 0.760. The molecule has 0 aromatic carbocycles. The summed E-state index contributed by atoms with van der Waals surface area (Å²) >= 11 is 0. The summed E-state index contributed by atoms with van der Waals surface area (Å²) in [4.78, 5) is 12.3. The van der Waals surface area contributed by atoms with Crippen LogP contribution in [0.1, 0.15) is 19.1 Å². The van der Waals surface area contributed by atoms with Crippen molar-refractivity contribution < 1.29 is 4.74 Å². The lowest BCUT2D eigenvalue weighted by Crippen LogP contribution is -2.20. The maximum atomic E-state index is 5.80. The molecule has 0 spiro atoms. The van der Waals surface area contributed by atoms with Crippen LogP contribution in [0.15, 0.2) is 12.7 Å². The molecule has 17 heavy (non-hydrogen) atoms. The van der Waals surface area contributed by atoms with Gasteiger partial charge in [0.25, 0.3) is 0 Å². The lowest BCUT2D eigenvalue weighted by Gasteiger charge is -2.13. The molecule has 0 saturated carbocycles. The Kier molecular flexibility index (Phi) is 2.41. The van der Waals surface area contributed by atoms with Crippen molar-refractivity contribution in [3.05, 3.63) is 12.7 Å². The van der Waals surface area contributed by atoms with Crippen LogP contribution in [0.5, 0.6) is 0 Å². The van der Waals surface area contributed by atoms with E-state index in [2.05, 4.69) is 15.0 Å². The molecule has 0 amide bonds. The van der Waals surface area contributed by atoms with E-state index in [1.54, 1.807) is 6.33 Å². The molecule has 1 saturated heterocycles. The normalized spacial score (nSPS) is 24.5. The molecule has 1 aliphatic rings. The first-order valence-corrected chi connectivity index (χ1v) is 5.58. The summed E-state index contributed by atoms with van der Waals surface area (Å²) in [6, 6.07) is 0. The van der Waals surface area contributed by atoms with Gasteiger partial charge < -0.3 is 16.2 Å². The van der Waals surface area contributed by atoms with Gasteiger partial charge in [-0.1, -0.05) is 0 Å². The smallest absolute Gasteiger partial charge is 0.167 e. The average molecular weight is 234 g/mol. The fourth-order valence-electron chi connectivity index (χ4n) is 2.15. The highest BCUT2D eigenvalue weighted by atomic mass is 16.5. The van der Waals surface area contributed by atoms with E-state index in [4.69, 9.17) is 16.2 Å². The van der Waals surface area contributed by atoms with Crippen molar-refractivity contribution in [1.29, 1.82) is 0 Å². The van der Waals surface area contributed by atoms with Crippen LogP contribution >= 0.6 is 0 Å². The summed E-state index contributed by atoms with van der Waals surface area (Å²) < 4.78 is 7.69. The molecule has 0 bridgehead atoms. The van der Waals surface area contributed by atoms with Crippen LogP contribution in [0.3, 0.4) is 0 Å². The fourth-order valence-corrected chi connectivity index (χ4v) is 2.15. The summed E-state index contributed by atoms with van der Waals surface area (Å²) in [6.45, 7) is 0.542. The van der Waals surface area contributed by atoms with Gasteiger partial charge in [-0.25, -0.2) is 15.0 Å². The van der Waals surface area contributed by atoms with Crippen molar-refractivity contribution in [1.82, 2.24) is 19.5 Å². The predicted molar refractivity (Wildman–Crippen MR) is 61.9 cm³/mol. The van der Waals surface area contributed by atoms with E-state index < -0.39 is 0 Å². The molecular formula is C10H14N6O. The van der Waals surface area contributed by atoms with Gasteiger partial charge >= 0.3 is 0 Å². The van der Waals surface area contributed by atoms with Crippen LogP contribution in [0.4, 0.5) is 5.82 Å². The first-order chi connectivity index (χ1) is 8.29. The van der Waals surface area contributed by atoms with E-state index in [1.807, 2.05) is 4.57 Å².